The maximum atomic E-state index is 6.90. The first-order chi connectivity index (χ1) is 70.8. The quantitative estimate of drug-likeness (QED) is 0.0850. The van der Waals surface area contributed by atoms with Crippen molar-refractivity contribution >= 4 is 96.7 Å². The number of amidine groups is 1. The first kappa shape index (κ1) is 114. The molecule has 0 amide bonds. The summed E-state index contributed by atoms with van der Waals surface area (Å²) < 4.78 is 46.4. The highest BCUT2D eigenvalue weighted by atomic mass is 27.2. The Labute approximate surface area is 920 Å². The molecule has 3 saturated heterocycles. The Balaban J connectivity index is 0.000000159. The molecular formula is C127H187Al3N13O6+2. The topological polar surface area (TPSA) is 152 Å². The highest BCUT2D eigenvalue weighted by Crippen LogP contribution is 2.46. The first-order valence-corrected chi connectivity index (χ1v) is 61.3. The normalized spacial score (nSPS) is 22.1. The number of nitrogens with zero attached hydrogens (tertiary/aromatic N) is 13. The van der Waals surface area contributed by atoms with E-state index in [9.17, 15) is 0 Å². The minimum absolute atomic E-state index is 0.000837. The van der Waals surface area contributed by atoms with E-state index in [4.69, 9.17) is 52.7 Å². The van der Waals surface area contributed by atoms with Crippen LogP contribution in [0.2, 0.25) is 0 Å². The molecule has 6 aromatic rings. The fourth-order valence-corrected chi connectivity index (χ4v) is 26.5. The van der Waals surface area contributed by atoms with Gasteiger partial charge in [-0.1, -0.05) is 254 Å². The third-order valence-corrected chi connectivity index (χ3v) is 35.4. The smallest absolute Gasteiger partial charge is 0.615 e. The van der Waals surface area contributed by atoms with Crippen LogP contribution >= 0.6 is 0 Å². The Morgan fingerprint density at radius 3 is 0.919 bits per heavy atom. The van der Waals surface area contributed by atoms with E-state index in [0.717, 1.165) is 198 Å². The van der Waals surface area contributed by atoms with Gasteiger partial charge in [-0.25, -0.2) is 0 Å². The summed E-state index contributed by atoms with van der Waals surface area (Å²) in [6.07, 6.45) is 47.1. The Bertz CT molecular complexity index is 5730. The van der Waals surface area contributed by atoms with Crippen LogP contribution in [0.25, 0.3) is 0 Å². The molecule has 18 rings (SSSR count). The highest BCUT2D eigenvalue weighted by molar-refractivity contribution is 6.23. The van der Waals surface area contributed by atoms with Crippen molar-refractivity contribution in [1.82, 2.24) is 24.5 Å². The molecule has 6 unspecified atom stereocenters. The minimum atomic E-state index is -0.836. The minimum Gasteiger partial charge on any atom is -0.615 e. The molecule has 6 atom stereocenters. The van der Waals surface area contributed by atoms with Gasteiger partial charge in [0.25, 0.3) is 0 Å². The summed E-state index contributed by atoms with van der Waals surface area (Å²) in [6.45, 7) is 72.0. The van der Waals surface area contributed by atoms with Crippen molar-refractivity contribution in [3.63, 3.8) is 0 Å². The molecule has 0 spiro atoms. The van der Waals surface area contributed by atoms with Gasteiger partial charge in [0.1, 0.15) is 0 Å². The Morgan fingerprint density at radius 2 is 0.570 bits per heavy atom. The Kier molecular flexibility index (Phi) is 38.0. The third-order valence-electron chi connectivity index (χ3n) is 33.4. The summed E-state index contributed by atoms with van der Waals surface area (Å²) in [5.74, 6) is 8.69. The largest absolute Gasteiger partial charge is 0.881 e. The van der Waals surface area contributed by atoms with Crippen LogP contribution in [0.15, 0.2) is 103 Å². The summed E-state index contributed by atoms with van der Waals surface area (Å²) in [6, 6.07) is 29.2. The lowest BCUT2D eigenvalue weighted by Crippen LogP contribution is -2.57. The van der Waals surface area contributed by atoms with E-state index in [1.807, 2.05) is 0 Å². The summed E-state index contributed by atoms with van der Waals surface area (Å²) in [5.41, 5.74) is 21.7. The molecule has 19 nitrogen and oxygen atoms in total. The Morgan fingerprint density at radius 1 is 0.282 bits per heavy atom. The monoisotopic (exact) mass is 2070 g/mol. The fourth-order valence-electron chi connectivity index (χ4n) is 24.1. The highest BCUT2D eigenvalue weighted by Gasteiger charge is 2.40. The zero-order chi connectivity index (χ0) is 106. The van der Waals surface area contributed by atoms with Gasteiger partial charge in [-0.3, -0.25) is 63.6 Å². The van der Waals surface area contributed by atoms with E-state index >= 15 is 0 Å². The van der Waals surface area contributed by atoms with Gasteiger partial charge in [0.05, 0.1) is 137 Å². The molecule has 0 N–H and O–H groups in total. The molecule has 9 aliphatic heterocycles. The molecule has 6 aromatic carbocycles. The van der Waals surface area contributed by atoms with Gasteiger partial charge >= 0.3 is 53.6 Å². The molecule has 803 valence electrons. The molecule has 12 aliphatic rings. The second kappa shape index (κ2) is 49.7. The fraction of sp³-hybridized carbons (Fsp3) is 0.654. The molecular weight excluding hydrogens is 1880 g/mol. The average Bonchev–Trinajstić information content (AvgIpc) is 1.47. The lowest BCUT2D eigenvalue weighted by atomic mass is 9.79. The number of rotatable bonds is 12. The van der Waals surface area contributed by atoms with E-state index in [2.05, 4.69) is 317 Å². The van der Waals surface area contributed by atoms with Gasteiger partial charge in [-0.05, 0) is 271 Å². The lowest BCUT2D eigenvalue weighted by molar-refractivity contribution is -0.539. The molecule has 6 fully saturated rings. The number of aryl methyl sites for hydroxylation is 2. The van der Waals surface area contributed by atoms with Crippen LogP contribution in [0.1, 0.15) is 440 Å². The van der Waals surface area contributed by atoms with Crippen LogP contribution in [0.3, 0.4) is 0 Å². The first-order valence-electron chi connectivity index (χ1n) is 58.4. The maximum Gasteiger partial charge on any atom is 0.881 e. The van der Waals surface area contributed by atoms with Crippen molar-refractivity contribution in [1.29, 1.82) is 0 Å². The van der Waals surface area contributed by atoms with Gasteiger partial charge in [-0.2, -0.15) is 0 Å². The molecule has 3 saturated carbocycles. The molecule has 0 bridgehead atoms. The summed E-state index contributed by atoms with van der Waals surface area (Å²) in [4.78, 5) is 45.0. The van der Waals surface area contributed by atoms with Crippen molar-refractivity contribution in [2.24, 2.45) is 30.0 Å². The number of piperidine rings is 2. The number of hydrogen-bond donors (Lipinski definition) is 0. The predicted octanol–water partition coefficient (Wildman–Crippen LogP) is 25.8. The van der Waals surface area contributed by atoms with Crippen molar-refractivity contribution in [2.75, 3.05) is 92.1 Å². The number of guanidine groups is 1. The van der Waals surface area contributed by atoms with E-state index < -0.39 is 47.7 Å². The van der Waals surface area contributed by atoms with Crippen molar-refractivity contribution in [3.8, 4) is 34.5 Å². The molecule has 0 aromatic heterocycles. The van der Waals surface area contributed by atoms with Crippen LogP contribution in [0.5, 0.6) is 34.5 Å². The zero-order valence-electron chi connectivity index (χ0n) is 97.0. The SMILES string of the molecule is CC(C)(C)c1cc2c(c(CCCN3CCC[N+]4=C3CCCCC4)c1)[O][Al][O]c1c(cc(C(C)(C)C)cc1C(C)(C)C)C=NC1CCCCC1N=C2.CC(C)(C)c1cc2c(c(CN3CCCCC3)c1)[O][Al][O]c1c(cc(C(C)(C)C)cc1CN1CCCCC1)C=NC1CCCCC1N=C2.C[N+]1=C2N(CCCc3cc(C(C)(C)C)cc4c3[O][Al][O]c3c(cc(C(C)(C)C)cc3C(C)(C)C)C=NC3CCCCC3N=C4)CCCN2CCC1. The standard InChI is InChI=1S/C44H66N4O2.C43H65N5O2.C40H60N4O2.3Al/c1-42(2,3)34-25-31(17-15-22-48-24-16-23-47-21-14-10-11-20-39(47)48)40(49)32(26-34)29-45-37-18-12-13-19-38(37)46-30-33-27-35(43(4,5)6)28-36(41(33)50)44(7,8)9;1-41(2,3)33-24-30(16-13-20-47-22-15-23-48-21-14-19-46(10)40(47)48)38(49)31(25-33)28-44-36-17-11-12-18-37(36)45-29-32-26-34(42(4,5)6)27-35(39(32)50)43(7,8)9;1-39(2,3)33-21-29(37(45)31(23-33)27-43-17-11-7-12-18-43)25-41-35-15-9-10-16-36(35)42-26-30-22-34(40(4,5)6)24-32(38(30)46)28-44-19-13-8-14-20-44;;;/h25-30,37-38H,10-24H2,1-9H3,(H-,45,46,49,50);24-29,36-37H,11-23H2,1-10H3,(H-,44,45,49,50);21-26,35-36,45-46H,7-20,27-28H2,1-6H3;;;/q;;;3*+2/p-4. The molecule has 3 aliphatic carbocycles. The maximum absolute atomic E-state index is 6.90. The number of benzene rings is 6. The lowest BCUT2D eigenvalue weighted by Gasteiger charge is -2.36. The Hall–Kier alpha value is -7.60. The summed E-state index contributed by atoms with van der Waals surface area (Å²) >= 11 is -2.46. The van der Waals surface area contributed by atoms with Gasteiger partial charge in [0.2, 0.25) is 5.84 Å². The second-order valence-electron chi connectivity index (χ2n) is 53.9. The van der Waals surface area contributed by atoms with Crippen LogP contribution in [-0.4, -0.2) is 259 Å². The number of likely N-dealkylation sites (tertiary alicyclic amines) is 2. The molecule has 9 heterocycles. The van der Waals surface area contributed by atoms with Crippen molar-refractivity contribution in [3.05, 3.63) is 173 Å². The van der Waals surface area contributed by atoms with Crippen molar-refractivity contribution < 1.29 is 31.9 Å². The average molecular weight is 2070 g/mol. The zero-order valence-corrected chi connectivity index (χ0v) is 100. The third kappa shape index (κ3) is 30.0. The van der Waals surface area contributed by atoms with Crippen LogP contribution in [0, 0.1) is 0 Å². The van der Waals surface area contributed by atoms with Gasteiger partial charge in [-0.15, -0.1) is 0 Å². The van der Waals surface area contributed by atoms with Crippen molar-refractivity contribution in [2.45, 2.75) is 445 Å². The van der Waals surface area contributed by atoms with Crippen LogP contribution in [-0.2, 0) is 69.3 Å². The molecule has 22 heteroatoms. The number of aliphatic imine (C=N–C) groups is 6. The number of fused-ring (bicyclic) bond motifs is 10. The van der Waals surface area contributed by atoms with Crippen LogP contribution in [0.4, 0.5) is 0 Å². The van der Waals surface area contributed by atoms with E-state index in [-0.39, 0.29) is 79.6 Å². The second-order valence-corrected chi connectivity index (χ2v) is 55.9. The van der Waals surface area contributed by atoms with Gasteiger partial charge in [0, 0.05) is 121 Å². The summed E-state index contributed by atoms with van der Waals surface area (Å²) in [7, 11) is 2.26. The van der Waals surface area contributed by atoms with E-state index in [0.29, 0.717) is 0 Å². The summed E-state index contributed by atoms with van der Waals surface area (Å²) in [5, 5.41) is 0. The number of hydrogen-bond acceptors (Lipinski definition) is 17. The van der Waals surface area contributed by atoms with Crippen LogP contribution < -0.4 is 22.7 Å². The van der Waals surface area contributed by atoms with Gasteiger partial charge < -0.3 is 22.7 Å². The van der Waals surface area contributed by atoms with Gasteiger partial charge in [0.15, 0.2) is 0 Å². The predicted molar refractivity (Wildman–Crippen MR) is 626 cm³/mol. The van der Waals surface area contributed by atoms with E-state index in [1.165, 1.54) is 227 Å². The van der Waals surface area contributed by atoms with E-state index in [1.54, 1.807) is 5.84 Å². The molecule has 149 heavy (non-hydrogen) atoms. The molecule has 3 radical (unpaired) electrons.